The topological polar surface area (TPSA) is 30.5 Å². The molecule has 1 N–H and O–H groups in total. The van der Waals surface area contributed by atoms with E-state index in [4.69, 9.17) is 32.7 Å². The fourth-order valence-electron chi connectivity index (χ4n) is 2.14. The first-order valence-electron chi connectivity index (χ1n) is 7.88. The molecule has 0 spiro atoms. The minimum atomic E-state index is 0.0374. The Kier molecular flexibility index (Phi) is 7.03. The van der Waals surface area contributed by atoms with E-state index in [0.717, 1.165) is 22.1 Å². The molecule has 0 aromatic heterocycles. The Balaban J connectivity index is 2.14. The molecule has 2 rings (SSSR count). The van der Waals surface area contributed by atoms with Gasteiger partial charge in [0.2, 0.25) is 0 Å². The van der Waals surface area contributed by atoms with Crippen molar-refractivity contribution < 1.29 is 9.47 Å². The molecule has 136 valence electrons. The van der Waals surface area contributed by atoms with E-state index >= 15 is 0 Å². The quantitative estimate of drug-likeness (QED) is 0.570. The van der Waals surface area contributed by atoms with Gasteiger partial charge in [0.05, 0.1) is 17.2 Å². The van der Waals surface area contributed by atoms with E-state index in [-0.39, 0.29) is 5.54 Å². The van der Waals surface area contributed by atoms with Gasteiger partial charge in [0.1, 0.15) is 6.61 Å². The largest absolute Gasteiger partial charge is 0.493 e. The van der Waals surface area contributed by atoms with Crippen LogP contribution in [0.15, 0.2) is 34.8 Å². The molecule has 0 aliphatic rings. The summed E-state index contributed by atoms with van der Waals surface area (Å²) in [6.45, 7) is 7.50. The number of benzene rings is 2. The zero-order valence-corrected chi connectivity index (χ0v) is 17.8. The van der Waals surface area contributed by atoms with Gasteiger partial charge in [0.25, 0.3) is 0 Å². The first-order chi connectivity index (χ1) is 11.7. The van der Waals surface area contributed by atoms with Crippen molar-refractivity contribution in [3.63, 3.8) is 0 Å². The predicted molar refractivity (Wildman–Crippen MR) is 108 cm³/mol. The second kappa shape index (κ2) is 8.63. The molecule has 0 radical (unpaired) electrons. The molecule has 0 fully saturated rings. The molecule has 0 saturated carbocycles. The Morgan fingerprint density at radius 3 is 2.36 bits per heavy atom. The first kappa shape index (κ1) is 20.4. The molecule has 6 heteroatoms. The van der Waals surface area contributed by atoms with Crippen molar-refractivity contribution in [2.45, 2.75) is 39.5 Å². The third-order valence-electron chi connectivity index (χ3n) is 3.52. The minimum Gasteiger partial charge on any atom is -0.493 e. The Morgan fingerprint density at radius 1 is 1.04 bits per heavy atom. The van der Waals surface area contributed by atoms with Crippen molar-refractivity contribution in [2.75, 3.05) is 7.11 Å². The number of halogens is 3. The van der Waals surface area contributed by atoms with Crippen LogP contribution in [-0.4, -0.2) is 12.6 Å². The van der Waals surface area contributed by atoms with Crippen molar-refractivity contribution in [1.29, 1.82) is 0 Å². The third kappa shape index (κ3) is 6.07. The van der Waals surface area contributed by atoms with Gasteiger partial charge in [0.15, 0.2) is 11.5 Å². The van der Waals surface area contributed by atoms with E-state index in [2.05, 4.69) is 42.0 Å². The number of methoxy groups -OCH3 is 1. The Hall–Kier alpha value is -0.940. The van der Waals surface area contributed by atoms with Gasteiger partial charge in [-0.1, -0.05) is 45.2 Å². The molecule has 2 aromatic carbocycles. The van der Waals surface area contributed by atoms with Crippen LogP contribution in [0.1, 0.15) is 31.9 Å². The number of hydrogen-bond acceptors (Lipinski definition) is 3. The summed E-state index contributed by atoms with van der Waals surface area (Å²) in [6.07, 6.45) is 0. The lowest BCUT2D eigenvalue weighted by molar-refractivity contribution is 0.284. The van der Waals surface area contributed by atoms with Gasteiger partial charge in [-0.05, 0) is 56.2 Å². The van der Waals surface area contributed by atoms with Gasteiger partial charge in [-0.15, -0.1) is 0 Å². The van der Waals surface area contributed by atoms with Crippen molar-refractivity contribution in [3.8, 4) is 11.5 Å². The Bertz CT molecular complexity index is 745. The van der Waals surface area contributed by atoms with Gasteiger partial charge in [0, 0.05) is 16.6 Å². The van der Waals surface area contributed by atoms with E-state index in [0.29, 0.717) is 28.2 Å². The molecule has 0 unspecified atom stereocenters. The third-order valence-corrected chi connectivity index (χ3v) is 5.00. The molecule has 3 nitrogen and oxygen atoms in total. The second-order valence-corrected chi connectivity index (χ2v) is 8.40. The van der Waals surface area contributed by atoms with Crippen LogP contribution in [-0.2, 0) is 13.2 Å². The summed E-state index contributed by atoms with van der Waals surface area (Å²) in [4.78, 5) is 0. The van der Waals surface area contributed by atoms with E-state index in [1.165, 1.54) is 0 Å². The van der Waals surface area contributed by atoms with Crippen molar-refractivity contribution >= 4 is 39.1 Å². The van der Waals surface area contributed by atoms with Crippen LogP contribution < -0.4 is 14.8 Å². The summed E-state index contributed by atoms with van der Waals surface area (Å²) in [5.41, 5.74) is 2.08. The van der Waals surface area contributed by atoms with E-state index in [1.54, 1.807) is 19.2 Å². The summed E-state index contributed by atoms with van der Waals surface area (Å²) in [5.74, 6) is 1.36. The highest BCUT2D eigenvalue weighted by Crippen LogP contribution is 2.34. The van der Waals surface area contributed by atoms with Crippen LogP contribution in [0.2, 0.25) is 10.0 Å². The molecule has 0 aliphatic carbocycles. The molecular weight excluding hydrogens is 425 g/mol. The number of rotatable bonds is 6. The fraction of sp³-hybridized carbons (Fsp3) is 0.368. The predicted octanol–water partition coefficient (Wildman–Crippen LogP) is 6.23. The molecule has 0 heterocycles. The summed E-state index contributed by atoms with van der Waals surface area (Å²) in [6, 6.07) is 9.35. The Morgan fingerprint density at radius 2 is 1.76 bits per heavy atom. The van der Waals surface area contributed by atoms with Gasteiger partial charge in [-0.3, -0.25) is 0 Å². The Labute approximate surface area is 167 Å². The first-order valence-corrected chi connectivity index (χ1v) is 9.42. The maximum atomic E-state index is 6.05. The van der Waals surface area contributed by atoms with Crippen LogP contribution in [0.3, 0.4) is 0 Å². The van der Waals surface area contributed by atoms with Gasteiger partial charge >= 0.3 is 0 Å². The summed E-state index contributed by atoms with van der Waals surface area (Å²) < 4.78 is 12.4. The molecule has 2 aromatic rings. The average Bonchev–Trinajstić information content (AvgIpc) is 2.54. The molecular formula is C19H22BrCl2NO2. The highest BCUT2D eigenvalue weighted by molar-refractivity contribution is 9.10. The minimum absolute atomic E-state index is 0.0374. The molecule has 0 amide bonds. The van der Waals surface area contributed by atoms with Crippen LogP contribution in [0.5, 0.6) is 11.5 Å². The second-order valence-electron chi connectivity index (χ2n) is 6.74. The normalized spacial score (nSPS) is 11.5. The summed E-state index contributed by atoms with van der Waals surface area (Å²) in [7, 11) is 1.64. The maximum absolute atomic E-state index is 6.05. The maximum Gasteiger partial charge on any atom is 0.162 e. The molecule has 25 heavy (non-hydrogen) atoms. The zero-order chi connectivity index (χ0) is 18.6. The van der Waals surface area contributed by atoms with Gasteiger partial charge in [-0.25, -0.2) is 0 Å². The van der Waals surface area contributed by atoms with Crippen molar-refractivity contribution in [1.82, 2.24) is 5.32 Å². The lowest BCUT2D eigenvalue weighted by Gasteiger charge is -2.22. The standard InChI is InChI=1S/C19H22BrCl2NO2/c1-19(2,3)23-10-13-8-17(24-4)18(9-14(13)20)25-11-12-5-6-15(21)16(22)7-12/h5-9,23H,10-11H2,1-4H3. The number of nitrogens with one attached hydrogen (secondary N) is 1. The SMILES string of the molecule is COc1cc(CNC(C)(C)C)c(Br)cc1OCc1ccc(Cl)c(Cl)c1. The smallest absolute Gasteiger partial charge is 0.162 e. The summed E-state index contributed by atoms with van der Waals surface area (Å²) >= 11 is 15.6. The average molecular weight is 447 g/mol. The zero-order valence-electron chi connectivity index (χ0n) is 14.8. The lowest BCUT2D eigenvalue weighted by Crippen LogP contribution is -2.35. The van der Waals surface area contributed by atoms with E-state index in [9.17, 15) is 0 Å². The van der Waals surface area contributed by atoms with Crippen LogP contribution >= 0.6 is 39.1 Å². The fourth-order valence-corrected chi connectivity index (χ4v) is 2.92. The highest BCUT2D eigenvalue weighted by Gasteiger charge is 2.14. The van der Waals surface area contributed by atoms with Gasteiger partial charge < -0.3 is 14.8 Å². The van der Waals surface area contributed by atoms with Crippen LogP contribution in [0, 0.1) is 0 Å². The van der Waals surface area contributed by atoms with Gasteiger partial charge in [-0.2, -0.15) is 0 Å². The van der Waals surface area contributed by atoms with Crippen molar-refractivity contribution in [2.24, 2.45) is 0 Å². The molecule has 0 atom stereocenters. The van der Waals surface area contributed by atoms with Crippen molar-refractivity contribution in [3.05, 3.63) is 56.0 Å². The molecule has 0 saturated heterocycles. The molecule has 0 aliphatic heterocycles. The van der Waals surface area contributed by atoms with Crippen LogP contribution in [0.4, 0.5) is 0 Å². The highest BCUT2D eigenvalue weighted by atomic mass is 79.9. The van der Waals surface area contributed by atoms with E-state index in [1.807, 2.05) is 18.2 Å². The summed E-state index contributed by atoms with van der Waals surface area (Å²) in [5, 5.41) is 4.51. The number of ether oxygens (including phenoxy) is 2. The van der Waals surface area contributed by atoms with Crippen LogP contribution in [0.25, 0.3) is 0 Å². The molecule has 0 bridgehead atoms. The lowest BCUT2D eigenvalue weighted by atomic mass is 10.1. The van der Waals surface area contributed by atoms with E-state index < -0.39 is 0 Å². The monoisotopic (exact) mass is 445 g/mol. The number of hydrogen-bond donors (Lipinski definition) is 1.